The van der Waals surface area contributed by atoms with Gasteiger partial charge in [-0.05, 0) is 12.5 Å². The first-order valence-corrected chi connectivity index (χ1v) is 6.40. The van der Waals surface area contributed by atoms with Gasteiger partial charge >= 0.3 is 9.28 Å². The van der Waals surface area contributed by atoms with Crippen molar-refractivity contribution in [2.75, 3.05) is 34.0 Å². The summed E-state index contributed by atoms with van der Waals surface area (Å²) in [6.07, 6.45) is 1.37. The average molecular weight is 252 g/mol. The number of ether oxygens (including phenoxy) is 2. The summed E-state index contributed by atoms with van der Waals surface area (Å²) < 4.78 is 20.7. The molecular formula is C8H18NO6Si. The lowest BCUT2D eigenvalue weighted by molar-refractivity contribution is 0.115. The average Bonchev–Trinajstić information content (AvgIpc) is 3.08. The topological polar surface area (TPSA) is 89.9 Å². The molecule has 1 heterocycles. The van der Waals surface area contributed by atoms with Gasteiger partial charge in [0, 0.05) is 20.8 Å². The van der Waals surface area contributed by atoms with Crippen LogP contribution in [0.4, 0.5) is 0 Å². The van der Waals surface area contributed by atoms with E-state index in [-0.39, 0.29) is 0 Å². The SMILES string of the molecule is CO[Si](CCCOCC1CO1)OC.O=NO. The summed E-state index contributed by atoms with van der Waals surface area (Å²) in [5, 5.41) is 7.89. The summed E-state index contributed by atoms with van der Waals surface area (Å²) in [5.74, 6) is 0. The number of epoxide rings is 1. The van der Waals surface area contributed by atoms with E-state index in [0.29, 0.717) is 6.10 Å². The van der Waals surface area contributed by atoms with Crippen LogP contribution in [0.3, 0.4) is 0 Å². The zero-order valence-electron chi connectivity index (χ0n) is 9.55. The van der Waals surface area contributed by atoms with Crippen molar-refractivity contribution in [2.24, 2.45) is 5.34 Å². The highest BCUT2D eigenvalue weighted by Gasteiger charge is 2.22. The number of hydrogen-bond donors (Lipinski definition) is 1. The van der Waals surface area contributed by atoms with Gasteiger partial charge in [0.05, 0.1) is 13.2 Å². The Balaban J connectivity index is 0.000000673. The zero-order valence-corrected chi connectivity index (χ0v) is 10.5. The maximum Gasteiger partial charge on any atom is 0.384 e. The summed E-state index contributed by atoms with van der Waals surface area (Å²) in [6, 6.07) is 0.975. The van der Waals surface area contributed by atoms with Crippen molar-refractivity contribution in [3.8, 4) is 0 Å². The van der Waals surface area contributed by atoms with Crippen LogP contribution in [-0.2, 0) is 18.3 Å². The molecule has 0 bridgehead atoms. The second-order valence-electron chi connectivity index (χ2n) is 3.00. The quantitative estimate of drug-likeness (QED) is 0.225. The van der Waals surface area contributed by atoms with Crippen LogP contribution < -0.4 is 0 Å². The molecule has 1 atom stereocenters. The molecule has 95 valence electrons. The third kappa shape index (κ3) is 9.99. The lowest BCUT2D eigenvalue weighted by Crippen LogP contribution is -2.19. The van der Waals surface area contributed by atoms with Crippen molar-refractivity contribution in [1.29, 1.82) is 0 Å². The van der Waals surface area contributed by atoms with Crippen LogP contribution >= 0.6 is 0 Å². The molecule has 1 fully saturated rings. The van der Waals surface area contributed by atoms with E-state index in [1.807, 2.05) is 0 Å². The molecule has 8 heteroatoms. The number of nitrogens with zero attached hydrogens (tertiary/aromatic N) is 1. The lowest BCUT2D eigenvalue weighted by atomic mass is 10.5. The summed E-state index contributed by atoms with van der Waals surface area (Å²) in [7, 11) is 2.36. The highest BCUT2D eigenvalue weighted by atomic mass is 28.3. The molecule has 1 aliphatic heterocycles. The van der Waals surface area contributed by atoms with Crippen LogP contribution in [0.15, 0.2) is 5.34 Å². The van der Waals surface area contributed by atoms with Gasteiger partial charge in [0.15, 0.2) is 5.34 Å². The Kier molecular flexibility index (Phi) is 10.6. The lowest BCUT2D eigenvalue weighted by Gasteiger charge is -2.08. The Morgan fingerprint density at radius 3 is 2.50 bits per heavy atom. The van der Waals surface area contributed by atoms with E-state index in [2.05, 4.69) is 0 Å². The van der Waals surface area contributed by atoms with Crippen LogP contribution in [-0.4, -0.2) is 54.6 Å². The third-order valence-corrected chi connectivity index (χ3v) is 3.50. The van der Waals surface area contributed by atoms with E-state index in [4.69, 9.17) is 28.4 Å². The summed E-state index contributed by atoms with van der Waals surface area (Å²) in [4.78, 5) is 8.11. The number of rotatable bonds is 8. The molecule has 1 aliphatic rings. The monoisotopic (exact) mass is 252 g/mol. The Labute approximate surface area is 96.4 Å². The summed E-state index contributed by atoms with van der Waals surface area (Å²) >= 11 is 0. The van der Waals surface area contributed by atoms with Crippen LogP contribution in [0, 0.1) is 4.91 Å². The predicted molar refractivity (Wildman–Crippen MR) is 57.3 cm³/mol. The molecule has 0 aromatic rings. The molecule has 1 radical (unpaired) electrons. The van der Waals surface area contributed by atoms with Gasteiger partial charge in [0.25, 0.3) is 0 Å². The molecule has 1 N–H and O–H groups in total. The van der Waals surface area contributed by atoms with Crippen molar-refractivity contribution in [3.63, 3.8) is 0 Å². The first-order chi connectivity index (χ1) is 7.78. The van der Waals surface area contributed by atoms with Crippen molar-refractivity contribution >= 4 is 9.28 Å². The van der Waals surface area contributed by atoms with E-state index in [0.717, 1.165) is 32.3 Å². The predicted octanol–water partition coefficient (Wildman–Crippen LogP) is 0.715. The Bertz CT molecular complexity index is 165. The van der Waals surface area contributed by atoms with Gasteiger partial charge in [-0.2, -0.15) is 0 Å². The van der Waals surface area contributed by atoms with Crippen molar-refractivity contribution in [3.05, 3.63) is 4.91 Å². The van der Waals surface area contributed by atoms with Gasteiger partial charge in [-0.1, -0.05) is 0 Å². The molecule has 1 unspecified atom stereocenters. The van der Waals surface area contributed by atoms with E-state index in [9.17, 15) is 0 Å². The minimum absolute atomic E-state index is 0.370. The Morgan fingerprint density at radius 1 is 1.50 bits per heavy atom. The zero-order chi connectivity index (χ0) is 12.2. The molecule has 0 aromatic carbocycles. The normalized spacial score (nSPS) is 17.8. The number of hydrogen-bond acceptors (Lipinski definition) is 6. The van der Waals surface area contributed by atoms with Gasteiger partial charge in [0.1, 0.15) is 6.10 Å². The molecular weight excluding hydrogens is 234 g/mol. The van der Waals surface area contributed by atoms with Crippen LogP contribution in [0.5, 0.6) is 0 Å². The summed E-state index contributed by atoms with van der Waals surface area (Å²) in [5.41, 5.74) is 0. The van der Waals surface area contributed by atoms with E-state index < -0.39 is 9.28 Å². The smallest absolute Gasteiger partial charge is 0.384 e. The molecule has 0 spiro atoms. The fraction of sp³-hybridized carbons (Fsp3) is 1.00. The maximum atomic E-state index is 8.11. The largest absolute Gasteiger partial charge is 0.397 e. The fourth-order valence-electron chi connectivity index (χ4n) is 0.985. The van der Waals surface area contributed by atoms with Crippen molar-refractivity contribution in [2.45, 2.75) is 18.6 Å². The van der Waals surface area contributed by atoms with E-state index >= 15 is 0 Å². The molecule has 1 saturated heterocycles. The molecule has 0 amide bonds. The molecule has 1 rings (SSSR count). The van der Waals surface area contributed by atoms with Gasteiger partial charge in [-0.25, -0.2) is 0 Å². The molecule has 0 aromatic heterocycles. The van der Waals surface area contributed by atoms with E-state index in [1.165, 1.54) is 5.34 Å². The van der Waals surface area contributed by atoms with Gasteiger partial charge in [-0.15, -0.1) is 4.91 Å². The Morgan fingerprint density at radius 2 is 2.06 bits per heavy atom. The van der Waals surface area contributed by atoms with Gasteiger partial charge < -0.3 is 23.5 Å². The minimum Gasteiger partial charge on any atom is -0.397 e. The second-order valence-corrected chi connectivity index (χ2v) is 5.06. The molecule has 16 heavy (non-hydrogen) atoms. The Hall–Kier alpha value is -0.543. The minimum atomic E-state index is -1.02. The maximum absolute atomic E-state index is 8.11. The van der Waals surface area contributed by atoms with Crippen LogP contribution in [0.1, 0.15) is 6.42 Å². The molecule has 0 aliphatic carbocycles. The van der Waals surface area contributed by atoms with Crippen LogP contribution in [0.2, 0.25) is 6.04 Å². The van der Waals surface area contributed by atoms with Gasteiger partial charge in [0.2, 0.25) is 0 Å². The first-order valence-electron chi connectivity index (χ1n) is 4.88. The second kappa shape index (κ2) is 11.0. The standard InChI is InChI=1S/C8H17O4Si.HNO2/c1-9-13(10-2)5-3-4-11-6-8-7-12-8;2-1-3/h8H,3-7H2,1-2H3;(H,2,3). The molecule has 0 saturated carbocycles. The van der Waals surface area contributed by atoms with Gasteiger partial charge in [-0.3, -0.25) is 0 Å². The van der Waals surface area contributed by atoms with Crippen molar-refractivity contribution < 1.29 is 23.5 Å². The third-order valence-electron chi connectivity index (χ3n) is 1.83. The van der Waals surface area contributed by atoms with Crippen LogP contribution in [0.25, 0.3) is 0 Å². The van der Waals surface area contributed by atoms with Crippen molar-refractivity contribution in [1.82, 2.24) is 0 Å². The summed E-state index contributed by atoms with van der Waals surface area (Å²) in [6.45, 7) is 2.38. The fourth-order valence-corrected chi connectivity index (χ4v) is 1.99. The highest BCUT2D eigenvalue weighted by molar-refractivity contribution is 6.44. The van der Waals surface area contributed by atoms with E-state index in [1.54, 1.807) is 14.2 Å². The highest BCUT2D eigenvalue weighted by Crippen LogP contribution is 2.09. The molecule has 7 nitrogen and oxygen atoms in total. The first kappa shape index (κ1) is 15.5.